The van der Waals surface area contributed by atoms with E-state index in [4.69, 9.17) is 0 Å². The number of anilines is 1. The second-order valence-electron chi connectivity index (χ2n) is 5.02. The van der Waals surface area contributed by atoms with Crippen LogP contribution in [0.3, 0.4) is 0 Å². The number of rotatable bonds is 5. The molecule has 3 rings (SSSR count). The first-order valence-electron chi connectivity index (χ1n) is 7.32. The zero-order chi connectivity index (χ0) is 17.6. The number of halogens is 1. The number of amides is 2. The summed E-state index contributed by atoms with van der Waals surface area (Å²) < 4.78 is 13.6. The number of carbonyl (C=O) groups excluding carboxylic acids is 2. The van der Waals surface area contributed by atoms with Crippen LogP contribution in [-0.2, 0) is 6.54 Å². The highest BCUT2D eigenvalue weighted by Crippen LogP contribution is 2.17. The number of nitrogens with one attached hydrogen (secondary N) is 2. The number of aromatic nitrogens is 2. The van der Waals surface area contributed by atoms with E-state index in [0.717, 1.165) is 16.9 Å². The molecule has 0 aliphatic carbocycles. The Morgan fingerprint density at radius 3 is 2.72 bits per heavy atom. The van der Waals surface area contributed by atoms with Crippen molar-refractivity contribution in [2.75, 3.05) is 5.32 Å². The molecule has 0 spiro atoms. The number of hydrogen-bond acceptors (Lipinski definition) is 5. The second kappa shape index (κ2) is 7.63. The Balaban J connectivity index is 1.61. The molecule has 0 aliphatic rings. The maximum Gasteiger partial charge on any atom is 0.271 e. The minimum Gasteiger partial charge on any atom is -0.347 e. The van der Waals surface area contributed by atoms with E-state index in [1.807, 2.05) is 6.07 Å². The molecule has 2 amide bonds. The Kier molecular flexibility index (Phi) is 5.10. The van der Waals surface area contributed by atoms with E-state index in [1.54, 1.807) is 24.5 Å². The van der Waals surface area contributed by atoms with Crippen molar-refractivity contribution in [3.63, 3.8) is 0 Å². The largest absolute Gasteiger partial charge is 0.347 e. The fourth-order valence-electron chi connectivity index (χ4n) is 2.02. The summed E-state index contributed by atoms with van der Waals surface area (Å²) in [6, 6.07) is 9.26. The lowest BCUT2D eigenvalue weighted by atomic mass is 10.2. The average Bonchev–Trinajstić information content (AvgIpc) is 3.09. The first kappa shape index (κ1) is 16.7. The predicted octanol–water partition coefficient (Wildman–Crippen LogP) is 2.86. The summed E-state index contributed by atoms with van der Waals surface area (Å²) in [7, 11) is 0. The number of thiazole rings is 1. The summed E-state index contributed by atoms with van der Waals surface area (Å²) in [6.45, 7) is 0.321. The fraction of sp³-hybridized carbons (Fsp3) is 0.0588. The van der Waals surface area contributed by atoms with Crippen LogP contribution in [0.4, 0.5) is 9.52 Å². The molecule has 8 heteroatoms. The van der Waals surface area contributed by atoms with Crippen LogP contribution in [0.2, 0.25) is 0 Å². The highest BCUT2D eigenvalue weighted by molar-refractivity contribution is 7.14. The smallest absolute Gasteiger partial charge is 0.271 e. The lowest BCUT2D eigenvalue weighted by Gasteiger charge is -2.03. The summed E-state index contributed by atoms with van der Waals surface area (Å²) in [5, 5.41) is 6.95. The summed E-state index contributed by atoms with van der Waals surface area (Å²) in [5.41, 5.74) is 0.956. The minimum atomic E-state index is -0.619. The van der Waals surface area contributed by atoms with Crippen LogP contribution < -0.4 is 10.6 Å². The normalized spacial score (nSPS) is 10.3. The Morgan fingerprint density at radius 1 is 1.12 bits per heavy atom. The third kappa shape index (κ3) is 4.24. The van der Waals surface area contributed by atoms with Crippen LogP contribution in [0.15, 0.2) is 54.2 Å². The molecule has 126 valence electrons. The van der Waals surface area contributed by atoms with Gasteiger partial charge in [-0.25, -0.2) is 9.37 Å². The molecule has 6 nitrogen and oxygen atoms in total. The van der Waals surface area contributed by atoms with Gasteiger partial charge in [-0.15, -0.1) is 11.3 Å². The lowest BCUT2D eigenvalue weighted by molar-refractivity contribution is 0.0945. The number of nitrogens with zero attached hydrogens (tertiary/aromatic N) is 2. The van der Waals surface area contributed by atoms with Crippen LogP contribution in [0, 0.1) is 5.82 Å². The number of hydrogen-bond donors (Lipinski definition) is 2. The summed E-state index contributed by atoms with van der Waals surface area (Å²) in [4.78, 5) is 32.1. The van der Waals surface area contributed by atoms with Crippen LogP contribution in [0.1, 0.15) is 26.4 Å². The van der Waals surface area contributed by atoms with Crippen molar-refractivity contribution in [1.82, 2.24) is 15.3 Å². The average molecular weight is 356 g/mol. The van der Waals surface area contributed by atoms with Gasteiger partial charge in [0.15, 0.2) is 5.13 Å². The number of pyridine rings is 1. The highest BCUT2D eigenvalue weighted by Gasteiger charge is 2.15. The molecule has 0 atom stereocenters. The van der Waals surface area contributed by atoms with Crippen LogP contribution in [0.5, 0.6) is 0 Å². The standard InChI is InChI=1S/C17H13FN4O2S/c18-13-6-2-1-5-12(13)15(23)22-17-21-14(10-25-17)16(24)20-9-11-4-3-7-19-8-11/h1-8,10H,9H2,(H,20,24)(H,21,22,23). The molecule has 1 aromatic carbocycles. The molecule has 25 heavy (non-hydrogen) atoms. The summed E-state index contributed by atoms with van der Waals surface area (Å²) in [5.74, 6) is -1.60. The highest BCUT2D eigenvalue weighted by atomic mass is 32.1. The first-order valence-corrected chi connectivity index (χ1v) is 8.20. The van der Waals surface area contributed by atoms with Gasteiger partial charge in [0.2, 0.25) is 0 Å². The molecule has 3 aromatic rings. The molecular formula is C17H13FN4O2S. The van der Waals surface area contributed by atoms with E-state index < -0.39 is 11.7 Å². The van der Waals surface area contributed by atoms with Gasteiger partial charge in [-0.1, -0.05) is 18.2 Å². The van der Waals surface area contributed by atoms with Gasteiger partial charge in [-0.2, -0.15) is 0 Å². The third-order valence-corrected chi connectivity index (χ3v) is 4.01. The molecule has 0 fully saturated rings. The molecule has 2 heterocycles. The van der Waals surface area contributed by atoms with E-state index in [0.29, 0.717) is 6.54 Å². The summed E-state index contributed by atoms with van der Waals surface area (Å²) in [6.07, 6.45) is 3.30. The van der Waals surface area contributed by atoms with E-state index in [9.17, 15) is 14.0 Å². The Bertz CT molecular complexity index is 898. The summed E-state index contributed by atoms with van der Waals surface area (Å²) >= 11 is 1.09. The monoisotopic (exact) mass is 356 g/mol. The van der Waals surface area contributed by atoms with Crippen molar-refractivity contribution in [3.05, 3.63) is 76.8 Å². The molecule has 0 radical (unpaired) electrons. The van der Waals surface area contributed by atoms with Gasteiger partial charge in [0.1, 0.15) is 11.5 Å². The third-order valence-electron chi connectivity index (χ3n) is 3.25. The van der Waals surface area contributed by atoms with Gasteiger partial charge in [-0.3, -0.25) is 19.9 Å². The van der Waals surface area contributed by atoms with E-state index in [2.05, 4.69) is 20.6 Å². The van der Waals surface area contributed by atoms with Crippen molar-refractivity contribution < 1.29 is 14.0 Å². The molecule has 0 bridgehead atoms. The van der Waals surface area contributed by atoms with E-state index >= 15 is 0 Å². The van der Waals surface area contributed by atoms with Crippen LogP contribution in [0.25, 0.3) is 0 Å². The molecule has 0 aliphatic heterocycles. The van der Waals surface area contributed by atoms with E-state index in [1.165, 1.54) is 23.6 Å². The van der Waals surface area contributed by atoms with Crippen molar-refractivity contribution >= 4 is 28.3 Å². The van der Waals surface area contributed by atoms with Crippen molar-refractivity contribution in [2.45, 2.75) is 6.54 Å². The zero-order valence-electron chi connectivity index (χ0n) is 12.9. The Morgan fingerprint density at radius 2 is 1.96 bits per heavy atom. The Hall–Kier alpha value is -3.13. The van der Waals surface area contributed by atoms with Crippen LogP contribution >= 0.6 is 11.3 Å². The maximum atomic E-state index is 13.6. The molecule has 0 unspecified atom stereocenters. The lowest BCUT2D eigenvalue weighted by Crippen LogP contribution is -2.23. The van der Waals surface area contributed by atoms with Crippen LogP contribution in [-0.4, -0.2) is 21.8 Å². The molecule has 2 aromatic heterocycles. The second-order valence-corrected chi connectivity index (χ2v) is 5.87. The first-order chi connectivity index (χ1) is 12.1. The van der Waals surface area contributed by atoms with Crippen molar-refractivity contribution in [2.24, 2.45) is 0 Å². The van der Waals surface area contributed by atoms with Gasteiger partial charge >= 0.3 is 0 Å². The van der Waals surface area contributed by atoms with E-state index in [-0.39, 0.29) is 22.3 Å². The van der Waals surface area contributed by atoms with Gasteiger partial charge in [-0.05, 0) is 23.8 Å². The molecular weight excluding hydrogens is 343 g/mol. The zero-order valence-corrected chi connectivity index (χ0v) is 13.7. The molecule has 2 N–H and O–H groups in total. The predicted molar refractivity (Wildman–Crippen MR) is 91.9 cm³/mol. The Labute approximate surface area is 146 Å². The van der Waals surface area contributed by atoms with Gasteiger partial charge in [0.25, 0.3) is 11.8 Å². The topological polar surface area (TPSA) is 84.0 Å². The van der Waals surface area contributed by atoms with Gasteiger partial charge < -0.3 is 5.32 Å². The van der Waals surface area contributed by atoms with Gasteiger partial charge in [0.05, 0.1) is 5.56 Å². The molecule has 0 saturated carbocycles. The minimum absolute atomic E-state index is 0.0831. The SMILES string of the molecule is O=C(NCc1cccnc1)c1csc(NC(=O)c2ccccc2F)n1. The molecule has 0 saturated heterocycles. The number of carbonyl (C=O) groups is 2. The maximum absolute atomic E-state index is 13.6. The fourth-order valence-corrected chi connectivity index (χ4v) is 2.71. The van der Waals surface area contributed by atoms with Crippen molar-refractivity contribution in [3.8, 4) is 0 Å². The van der Waals surface area contributed by atoms with Crippen molar-refractivity contribution in [1.29, 1.82) is 0 Å². The number of benzene rings is 1. The quantitative estimate of drug-likeness (QED) is 0.736. The van der Waals surface area contributed by atoms with Gasteiger partial charge in [0, 0.05) is 24.3 Å².